The van der Waals surface area contributed by atoms with Gasteiger partial charge in [0.05, 0.1) is 24.0 Å². The molecule has 1 aromatic heterocycles. The van der Waals surface area contributed by atoms with Gasteiger partial charge < -0.3 is 9.30 Å². The van der Waals surface area contributed by atoms with Crippen LogP contribution in [0.1, 0.15) is 13.3 Å². The first-order valence-electron chi connectivity index (χ1n) is 5.39. The van der Waals surface area contributed by atoms with Crippen molar-refractivity contribution >= 4 is 11.0 Å². The predicted molar refractivity (Wildman–Crippen MR) is 60.8 cm³/mol. The van der Waals surface area contributed by atoms with Gasteiger partial charge in [-0.2, -0.15) is 0 Å². The molecule has 0 unspecified atom stereocenters. The van der Waals surface area contributed by atoms with Crippen molar-refractivity contribution in [1.82, 2.24) is 9.55 Å². The number of hydrogen-bond donors (Lipinski definition) is 0. The van der Waals surface area contributed by atoms with Gasteiger partial charge in [0.15, 0.2) is 0 Å². The van der Waals surface area contributed by atoms with Crippen LogP contribution in [0.15, 0.2) is 30.6 Å². The smallest absolute Gasteiger partial charge is 0.0959 e. The quantitative estimate of drug-likeness (QED) is 0.699. The zero-order valence-electron chi connectivity index (χ0n) is 9.02. The summed E-state index contributed by atoms with van der Waals surface area (Å²) in [5.74, 6) is 0. The van der Waals surface area contributed by atoms with Crippen LogP contribution in [0.5, 0.6) is 0 Å². The van der Waals surface area contributed by atoms with Crippen LogP contribution in [0.3, 0.4) is 0 Å². The summed E-state index contributed by atoms with van der Waals surface area (Å²) in [5, 5.41) is 0. The standard InChI is InChI=1S/C12H16N2O/c1-2-8-15-9-7-14-10-13-11-5-3-4-6-12(11)14/h3-6,10H,2,7-9H2,1H3. The van der Waals surface area contributed by atoms with Crippen molar-refractivity contribution in [2.45, 2.75) is 19.9 Å². The minimum atomic E-state index is 0.758. The molecule has 1 heterocycles. The Morgan fingerprint density at radius 1 is 1.27 bits per heavy atom. The maximum absolute atomic E-state index is 5.46. The third kappa shape index (κ3) is 2.36. The second-order valence-electron chi connectivity index (χ2n) is 3.54. The van der Waals surface area contributed by atoms with Gasteiger partial charge in [-0.05, 0) is 18.6 Å². The topological polar surface area (TPSA) is 27.1 Å². The molecule has 0 amide bonds. The van der Waals surface area contributed by atoms with Crippen molar-refractivity contribution in [2.75, 3.05) is 13.2 Å². The van der Waals surface area contributed by atoms with Crippen LogP contribution in [-0.4, -0.2) is 22.8 Å². The lowest BCUT2D eigenvalue weighted by Gasteiger charge is -2.04. The van der Waals surface area contributed by atoms with Crippen LogP contribution in [0.4, 0.5) is 0 Å². The van der Waals surface area contributed by atoms with Crippen LogP contribution >= 0.6 is 0 Å². The number of nitrogens with zero attached hydrogens (tertiary/aromatic N) is 2. The number of imidazole rings is 1. The Hall–Kier alpha value is -1.35. The molecule has 0 aliphatic carbocycles. The summed E-state index contributed by atoms with van der Waals surface area (Å²) in [4.78, 5) is 4.32. The monoisotopic (exact) mass is 204 g/mol. The fourth-order valence-electron chi connectivity index (χ4n) is 1.60. The zero-order valence-corrected chi connectivity index (χ0v) is 9.02. The first-order chi connectivity index (χ1) is 7.42. The van der Waals surface area contributed by atoms with Crippen LogP contribution in [-0.2, 0) is 11.3 Å². The number of ether oxygens (including phenoxy) is 1. The first kappa shape index (κ1) is 10.2. The van der Waals surface area contributed by atoms with Crippen molar-refractivity contribution < 1.29 is 4.74 Å². The Kier molecular flexibility index (Phi) is 3.35. The Labute approximate surface area is 89.7 Å². The van der Waals surface area contributed by atoms with Crippen LogP contribution < -0.4 is 0 Å². The van der Waals surface area contributed by atoms with Crippen molar-refractivity contribution in [3.8, 4) is 0 Å². The van der Waals surface area contributed by atoms with E-state index in [9.17, 15) is 0 Å². The molecule has 0 fully saturated rings. The van der Waals surface area contributed by atoms with Crippen molar-refractivity contribution in [3.05, 3.63) is 30.6 Å². The van der Waals surface area contributed by atoms with Crippen molar-refractivity contribution in [3.63, 3.8) is 0 Å². The Balaban J connectivity index is 2.02. The normalized spacial score (nSPS) is 11.0. The molecule has 0 saturated carbocycles. The van der Waals surface area contributed by atoms with Gasteiger partial charge in [0, 0.05) is 13.2 Å². The lowest BCUT2D eigenvalue weighted by molar-refractivity contribution is 0.127. The number of fused-ring (bicyclic) bond motifs is 1. The van der Waals surface area contributed by atoms with Crippen molar-refractivity contribution in [2.24, 2.45) is 0 Å². The van der Waals surface area contributed by atoms with Crippen LogP contribution in [0.2, 0.25) is 0 Å². The molecule has 0 saturated heterocycles. The average Bonchev–Trinajstić information content (AvgIpc) is 2.68. The van der Waals surface area contributed by atoms with E-state index in [2.05, 4.69) is 22.5 Å². The Bertz CT molecular complexity index is 422. The summed E-state index contributed by atoms with van der Waals surface area (Å²) in [6, 6.07) is 8.15. The van der Waals surface area contributed by atoms with Gasteiger partial charge in [0.1, 0.15) is 0 Å². The summed E-state index contributed by atoms with van der Waals surface area (Å²) in [5.41, 5.74) is 2.23. The van der Waals surface area contributed by atoms with E-state index in [4.69, 9.17) is 4.74 Å². The van der Waals surface area contributed by atoms with Gasteiger partial charge >= 0.3 is 0 Å². The fraction of sp³-hybridized carbons (Fsp3) is 0.417. The molecule has 3 heteroatoms. The maximum atomic E-state index is 5.46. The number of aromatic nitrogens is 2. The molecule has 0 spiro atoms. The van der Waals surface area contributed by atoms with Gasteiger partial charge in [-0.15, -0.1) is 0 Å². The van der Waals surface area contributed by atoms with Crippen molar-refractivity contribution in [1.29, 1.82) is 0 Å². The SMILES string of the molecule is CCCOCCn1cnc2ccccc21. The van der Waals surface area contributed by atoms with E-state index >= 15 is 0 Å². The number of hydrogen-bond acceptors (Lipinski definition) is 2. The van der Waals surface area contributed by atoms with E-state index in [1.54, 1.807) is 0 Å². The predicted octanol–water partition coefficient (Wildman–Crippen LogP) is 2.46. The van der Waals surface area contributed by atoms with E-state index in [0.717, 1.165) is 31.7 Å². The third-order valence-corrected chi connectivity index (χ3v) is 2.35. The van der Waals surface area contributed by atoms with E-state index in [1.165, 1.54) is 5.52 Å². The highest BCUT2D eigenvalue weighted by Gasteiger charge is 1.99. The van der Waals surface area contributed by atoms with Gasteiger partial charge in [0.2, 0.25) is 0 Å². The fourth-order valence-corrected chi connectivity index (χ4v) is 1.60. The average molecular weight is 204 g/mol. The molecule has 0 N–H and O–H groups in total. The first-order valence-corrected chi connectivity index (χ1v) is 5.39. The lowest BCUT2D eigenvalue weighted by Crippen LogP contribution is -2.05. The number of benzene rings is 1. The largest absolute Gasteiger partial charge is 0.380 e. The van der Waals surface area contributed by atoms with Gasteiger partial charge in [0.25, 0.3) is 0 Å². The van der Waals surface area contributed by atoms with E-state index in [1.807, 2.05) is 24.5 Å². The highest BCUT2D eigenvalue weighted by Crippen LogP contribution is 2.11. The molecule has 1 aromatic carbocycles. The molecule has 0 radical (unpaired) electrons. The van der Waals surface area contributed by atoms with E-state index in [0.29, 0.717) is 0 Å². The zero-order chi connectivity index (χ0) is 10.5. The Morgan fingerprint density at radius 2 is 2.13 bits per heavy atom. The highest BCUT2D eigenvalue weighted by molar-refractivity contribution is 5.74. The van der Waals surface area contributed by atoms with Gasteiger partial charge in [-0.1, -0.05) is 19.1 Å². The van der Waals surface area contributed by atoms with E-state index in [-0.39, 0.29) is 0 Å². The summed E-state index contributed by atoms with van der Waals surface area (Å²) in [7, 11) is 0. The molecule has 0 atom stereocenters. The maximum Gasteiger partial charge on any atom is 0.0959 e. The molecule has 80 valence electrons. The number of rotatable bonds is 5. The minimum Gasteiger partial charge on any atom is -0.380 e. The summed E-state index contributed by atoms with van der Waals surface area (Å²) in [6.07, 6.45) is 2.95. The van der Waals surface area contributed by atoms with Crippen LogP contribution in [0, 0.1) is 0 Å². The minimum absolute atomic E-state index is 0.758. The van der Waals surface area contributed by atoms with E-state index < -0.39 is 0 Å². The molecule has 2 rings (SSSR count). The number of para-hydroxylation sites is 2. The second kappa shape index (κ2) is 4.94. The summed E-state index contributed by atoms with van der Waals surface area (Å²) < 4.78 is 7.59. The molecule has 3 nitrogen and oxygen atoms in total. The molecular formula is C12H16N2O. The van der Waals surface area contributed by atoms with Gasteiger partial charge in [-0.3, -0.25) is 0 Å². The van der Waals surface area contributed by atoms with Gasteiger partial charge in [-0.25, -0.2) is 4.98 Å². The summed E-state index contributed by atoms with van der Waals surface area (Å²) >= 11 is 0. The second-order valence-corrected chi connectivity index (χ2v) is 3.54. The molecule has 0 aliphatic rings. The molecule has 0 aliphatic heterocycles. The lowest BCUT2D eigenvalue weighted by atomic mass is 10.3. The highest BCUT2D eigenvalue weighted by atomic mass is 16.5. The Morgan fingerprint density at radius 3 is 3.00 bits per heavy atom. The van der Waals surface area contributed by atoms with Crippen LogP contribution in [0.25, 0.3) is 11.0 Å². The third-order valence-electron chi connectivity index (χ3n) is 2.35. The molecule has 0 bridgehead atoms. The molecule has 15 heavy (non-hydrogen) atoms. The molecular weight excluding hydrogens is 188 g/mol. The molecule has 2 aromatic rings. The summed E-state index contributed by atoms with van der Waals surface area (Å²) in [6.45, 7) is 4.59.